The maximum atomic E-state index is 11.1. The van der Waals surface area contributed by atoms with Crippen molar-refractivity contribution in [1.82, 2.24) is 10.6 Å². The van der Waals surface area contributed by atoms with Crippen LogP contribution in [0.5, 0.6) is 0 Å². The Hall–Kier alpha value is -2.31. The normalized spacial score (nSPS) is 10.3. The molecule has 0 spiro atoms. The second-order valence-corrected chi connectivity index (χ2v) is 2.90. The zero-order valence-corrected chi connectivity index (χ0v) is 10.3. The summed E-state index contributed by atoms with van der Waals surface area (Å²) in [5.41, 5.74) is 0. The first-order valence-electron chi connectivity index (χ1n) is 5.20. The highest BCUT2D eigenvalue weighted by Gasteiger charge is 2.02. The van der Waals surface area contributed by atoms with E-state index < -0.39 is 18.0 Å². The van der Waals surface area contributed by atoms with E-state index in [1.807, 2.05) is 0 Å². The number of allylic oxidation sites excluding steroid dienone is 2. The Morgan fingerprint density at radius 3 is 1.61 bits per heavy atom. The third-order valence-electron chi connectivity index (χ3n) is 1.50. The van der Waals surface area contributed by atoms with Crippen LogP contribution in [0.15, 0.2) is 24.3 Å². The van der Waals surface area contributed by atoms with E-state index in [1.54, 1.807) is 13.8 Å². The van der Waals surface area contributed by atoms with Gasteiger partial charge in [0.05, 0.1) is 0 Å². The predicted molar refractivity (Wildman–Crippen MR) is 63.2 cm³/mol. The Morgan fingerprint density at radius 2 is 1.28 bits per heavy atom. The first-order chi connectivity index (χ1) is 8.60. The number of hydrogen-bond donors (Lipinski definition) is 2. The van der Waals surface area contributed by atoms with Gasteiger partial charge in [0.1, 0.15) is 0 Å². The van der Waals surface area contributed by atoms with Crippen LogP contribution in [0, 0.1) is 0 Å². The van der Waals surface area contributed by atoms with Gasteiger partial charge in [0, 0.05) is 12.2 Å². The van der Waals surface area contributed by atoms with Crippen molar-refractivity contribution in [2.24, 2.45) is 0 Å². The van der Waals surface area contributed by atoms with Gasteiger partial charge in [0.2, 0.25) is 0 Å². The summed E-state index contributed by atoms with van der Waals surface area (Å²) < 4.78 is 9.20. The lowest BCUT2D eigenvalue weighted by molar-refractivity contribution is -0.138. The number of amides is 2. The quantitative estimate of drug-likeness (QED) is 0.408. The monoisotopic (exact) mass is 256 g/mol. The summed E-state index contributed by atoms with van der Waals surface area (Å²) in [6, 6.07) is -0.614. The van der Waals surface area contributed by atoms with E-state index in [4.69, 9.17) is 0 Å². The second-order valence-electron chi connectivity index (χ2n) is 2.90. The number of carbonyl (C=O) groups is 3. The Bertz CT molecular complexity index is 317. The summed E-state index contributed by atoms with van der Waals surface area (Å²) in [4.78, 5) is 32.8. The fourth-order valence-electron chi connectivity index (χ4n) is 0.776. The molecule has 0 unspecified atom stereocenters. The summed E-state index contributed by atoms with van der Waals surface area (Å²) in [6.07, 6.45) is 5.48. The molecule has 0 aliphatic heterocycles. The molecule has 100 valence electrons. The lowest BCUT2D eigenvalue weighted by Crippen LogP contribution is -2.38. The van der Waals surface area contributed by atoms with Gasteiger partial charge in [-0.2, -0.15) is 0 Å². The first-order valence-corrected chi connectivity index (χ1v) is 5.20. The number of esters is 2. The predicted octanol–water partition coefficient (Wildman–Crippen LogP) is 0.439. The maximum Gasteiger partial charge on any atom is 0.332 e. The minimum atomic E-state index is -0.614. The molecular formula is C11H16N2O5. The zero-order chi connectivity index (χ0) is 13.8. The third-order valence-corrected chi connectivity index (χ3v) is 1.50. The average Bonchev–Trinajstić information content (AvgIpc) is 2.29. The minimum Gasteiger partial charge on any atom is -0.441 e. The molecule has 2 N–H and O–H groups in total. The standard InChI is InChI=1S/C11H16N2O5/c1-3-5-9(14)17-7-12-11(16)13-8-18-10(15)6-4-2/h3-6H,7-8H2,1-2H3,(H2,12,13,16). The fourth-order valence-corrected chi connectivity index (χ4v) is 0.776. The molecule has 0 bridgehead atoms. The van der Waals surface area contributed by atoms with E-state index in [0.29, 0.717) is 0 Å². The summed E-state index contributed by atoms with van der Waals surface area (Å²) in [5, 5.41) is 4.48. The second kappa shape index (κ2) is 9.88. The van der Waals surface area contributed by atoms with Gasteiger partial charge in [-0.15, -0.1) is 0 Å². The summed E-state index contributed by atoms with van der Waals surface area (Å²) in [5.74, 6) is -1.12. The van der Waals surface area contributed by atoms with Gasteiger partial charge in [-0.25, -0.2) is 14.4 Å². The fraction of sp³-hybridized carbons (Fsp3) is 0.364. The molecule has 0 aliphatic carbocycles. The molecule has 7 nitrogen and oxygen atoms in total. The van der Waals surface area contributed by atoms with E-state index in [2.05, 4.69) is 20.1 Å². The van der Waals surface area contributed by atoms with Crippen LogP contribution < -0.4 is 10.6 Å². The lowest BCUT2D eigenvalue weighted by Gasteiger charge is -2.07. The molecular weight excluding hydrogens is 240 g/mol. The molecule has 0 saturated carbocycles. The summed E-state index contributed by atoms with van der Waals surface area (Å²) >= 11 is 0. The third kappa shape index (κ3) is 8.96. The SMILES string of the molecule is CC=CC(=O)OCNC(=O)NCOC(=O)C=CC. The highest BCUT2D eigenvalue weighted by atomic mass is 16.5. The van der Waals surface area contributed by atoms with Gasteiger partial charge in [-0.3, -0.25) is 0 Å². The van der Waals surface area contributed by atoms with Crippen LogP contribution in [-0.2, 0) is 19.1 Å². The molecule has 0 aromatic rings. The van der Waals surface area contributed by atoms with E-state index in [-0.39, 0.29) is 13.5 Å². The van der Waals surface area contributed by atoms with Crippen LogP contribution in [0.4, 0.5) is 4.79 Å². The number of urea groups is 1. The van der Waals surface area contributed by atoms with Crippen LogP contribution in [0.3, 0.4) is 0 Å². The highest BCUT2D eigenvalue weighted by Crippen LogP contribution is 1.81. The lowest BCUT2D eigenvalue weighted by atomic mass is 10.5. The molecule has 0 rings (SSSR count). The van der Waals surface area contributed by atoms with Crippen LogP contribution in [0.2, 0.25) is 0 Å². The molecule has 0 heterocycles. The molecule has 0 fully saturated rings. The Morgan fingerprint density at radius 1 is 0.889 bits per heavy atom. The van der Waals surface area contributed by atoms with Crippen molar-refractivity contribution in [2.45, 2.75) is 13.8 Å². The van der Waals surface area contributed by atoms with Gasteiger partial charge in [0.25, 0.3) is 0 Å². The Labute approximate surface area is 105 Å². The van der Waals surface area contributed by atoms with Crippen molar-refractivity contribution in [1.29, 1.82) is 0 Å². The van der Waals surface area contributed by atoms with Gasteiger partial charge in [-0.1, -0.05) is 12.2 Å². The van der Waals surface area contributed by atoms with E-state index in [0.717, 1.165) is 0 Å². The molecule has 18 heavy (non-hydrogen) atoms. The van der Waals surface area contributed by atoms with Crippen molar-refractivity contribution in [3.8, 4) is 0 Å². The Kier molecular flexibility index (Phi) is 8.62. The number of carbonyl (C=O) groups excluding carboxylic acids is 3. The molecule has 0 aliphatic rings. The van der Waals surface area contributed by atoms with Crippen molar-refractivity contribution < 1.29 is 23.9 Å². The molecule has 7 heteroatoms. The topological polar surface area (TPSA) is 93.7 Å². The summed E-state index contributed by atoms with van der Waals surface area (Å²) in [6.45, 7) is 2.80. The van der Waals surface area contributed by atoms with E-state index in [1.165, 1.54) is 24.3 Å². The van der Waals surface area contributed by atoms with Crippen LogP contribution >= 0.6 is 0 Å². The zero-order valence-electron chi connectivity index (χ0n) is 10.3. The van der Waals surface area contributed by atoms with Gasteiger partial charge in [0.15, 0.2) is 13.5 Å². The molecule has 0 aromatic heterocycles. The number of ether oxygens (including phenoxy) is 2. The van der Waals surface area contributed by atoms with Crippen LogP contribution in [0.25, 0.3) is 0 Å². The Balaban J connectivity index is 3.60. The van der Waals surface area contributed by atoms with Crippen LogP contribution in [-0.4, -0.2) is 31.4 Å². The van der Waals surface area contributed by atoms with Crippen molar-refractivity contribution in [3.63, 3.8) is 0 Å². The largest absolute Gasteiger partial charge is 0.441 e. The summed E-state index contributed by atoms with van der Waals surface area (Å²) in [7, 11) is 0. The van der Waals surface area contributed by atoms with Gasteiger partial charge >= 0.3 is 18.0 Å². The van der Waals surface area contributed by atoms with Crippen molar-refractivity contribution in [3.05, 3.63) is 24.3 Å². The number of nitrogens with one attached hydrogen (secondary N) is 2. The highest BCUT2D eigenvalue weighted by molar-refractivity contribution is 5.82. The average molecular weight is 256 g/mol. The molecule has 0 aromatic carbocycles. The van der Waals surface area contributed by atoms with Crippen molar-refractivity contribution >= 4 is 18.0 Å². The maximum absolute atomic E-state index is 11.1. The first kappa shape index (κ1) is 15.7. The molecule has 0 saturated heterocycles. The van der Waals surface area contributed by atoms with E-state index in [9.17, 15) is 14.4 Å². The van der Waals surface area contributed by atoms with Crippen LogP contribution in [0.1, 0.15) is 13.8 Å². The van der Waals surface area contributed by atoms with Crippen molar-refractivity contribution in [2.75, 3.05) is 13.5 Å². The molecule has 0 atom stereocenters. The number of rotatable bonds is 6. The van der Waals surface area contributed by atoms with Gasteiger partial charge in [-0.05, 0) is 13.8 Å². The smallest absolute Gasteiger partial charge is 0.332 e. The van der Waals surface area contributed by atoms with Gasteiger partial charge < -0.3 is 20.1 Å². The van der Waals surface area contributed by atoms with E-state index >= 15 is 0 Å². The minimum absolute atomic E-state index is 0.266. The molecule has 0 radical (unpaired) electrons. The molecule has 2 amide bonds. The number of hydrogen-bond acceptors (Lipinski definition) is 5.